The topological polar surface area (TPSA) is 32.3 Å². The highest BCUT2D eigenvalue weighted by atomic mass is 32.1. The number of aliphatic hydroxyl groups is 1. The zero-order valence-electron chi connectivity index (χ0n) is 9.48. The van der Waals surface area contributed by atoms with Gasteiger partial charge in [0, 0.05) is 10.9 Å². The molecule has 2 aliphatic rings. The Morgan fingerprint density at radius 3 is 3.12 bits per heavy atom. The van der Waals surface area contributed by atoms with Gasteiger partial charge >= 0.3 is 0 Å². The first-order valence-electron chi connectivity index (χ1n) is 6.30. The van der Waals surface area contributed by atoms with Crippen molar-refractivity contribution in [3.8, 4) is 0 Å². The van der Waals surface area contributed by atoms with Gasteiger partial charge in [0.05, 0.1) is 6.10 Å². The van der Waals surface area contributed by atoms with Gasteiger partial charge in [-0.15, -0.1) is 11.3 Å². The second-order valence-electron chi connectivity index (χ2n) is 5.14. The van der Waals surface area contributed by atoms with Gasteiger partial charge in [0.25, 0.3) is 0 Å². The van der Waals surface area contributed by atoms with Crippen molar-refractivity contribution < 1.29 is 5.11 Å². The summed E-state index contributed by atoms with van der Waals surface area (Å²) < 4.78 is 0. The molecule has 1 aromatic rings. The maximum atomic E-state index is 9.25. The molecule has 0 aromatic carbocycles. The number of aliphatic hydroxyl groups excluding tert-OH is 1. The second kappa shape index (κ2) is 4.47. The number of hydrogen-bond donors (Lipinski definition) is 2. The third kappa shape index (κ3) is 2.04. The van der Waals surface area contributed by atoms with E-state index < -0.39 is 0 Å². The normalized spacial score (nSPS) is 33.2. The minimum absolute atomic E-state index is 0.0186. The highest BCUT2D eigenvalue weighted by molar-refractivity contribution is 7.10. The molecule has 1 aromatic heterocycles. The molecule has 1 unspecified atom stereocenters. The summed E-state index contributed by atoms with van der Waals surface area (Å²) in [6.45, 7) is 1.08. The molecule has 0 spiro atoms. The fraction of sp³-hybridized carbons (Fsp3) is 0.692. The molecule has 16 heavy (non-hydrogen) atoms. The minimum Gasteiger partial charge on any atom is -0.393 e. The molecule has 3 heteroatoms. The molecule has 1 fully saturated rings. The van der Waals surface area contributed by atoms with Crippen LogP contribution in [0.15, 0.2) is 11.4 Å². The van der Waals surface area contributed by atoms with Gasteiger partial charge in [-0.3, -0.25) is 0 Å². The third-order valence-electron chi connectivity index (χ3n) is 3.92. The maximum absolute atomic E-state index is 9.25. The van der Waals surface area contributed by atoms with Crippen LogP contribution in [0, 0.1) is 5.92 Å². The lowest BCUT2D eigenvalue weighted by Gasteiger charge is -2.33. The molecule has 3 rings (SSSR count). The predicted octanol–water partition coefficient (Wildman–Crippen LogP) is 2.49. The number of aryl methyl sites for hydroxylation is 1. The van der Waals surface area contributed by atoms with Gasteiger partial charge in [-0.05, 0) is 61.6 Å². The molecule has 0 amide bonds. The van der Waals surface area contributed by atoms with Crippen LogP contribution in [-0.4, -0.2) is 17.8 Å². The fourth-order valence-electron chi connectivity index (χ4n) is 2.87. The molecule has 0 saturated heterocycles. The van der Waals surface area contributed by atoms with Crippen molar-refractivity contribution in [2.24, 2.45) is 5.92 Å². The third-order valence-corrected chi connectivity index (χ3v) is 4.91. The summed E-state index contributed by atoms with van der Waals surface area (Å²) in [5.74, 6) is 0.707. The Kier molecular flexibility index (Phi) is 3.01. The largest absolute Gasteiger partial charge is 0.393 e. The van der Waals surface area contributed by atoms with Crippen molar-refractivity contribution in [3.63, 3.8) is 0 Å². The summed E-state index contributed by atoms with van der Waals surface area (Å²) in [6.07, 6.45) is 5.84. The Hall–Kier alpha value is -0.380. The van der Waals surface area contributed by atoms with Crippen LogP contribution in [0.25, 0.3) is 0 Å². The van der Waals surface area contributed by atoms with Crippen LogP contribution in [-0.2, 0) is 6.42 Å². The standard InChI is InChI=1S/C13H19NOS/c15-10-6-9(7-10)8-14-12-2-1-3-13-11(12)4-5-16-13/h4-5,9-10,12,14-15H,1-3,6-8H2. The number of rotatable bonds is 3. The number of hydrogen-bond acceptors (Lipinski definition) is 3. The van der Waals surface area contributed by atoms with Gasteiger partial charge in [-0.2, -0.15) is 0 Å². The molecule has 0 radical (unpaired) electrons. The monoisotopic (exact) mass is 237 g/mol. The number of thiophene rings is 1. The van der Waals surface area contributed by atoms with E-state index in [0.29, 0.717) is 12.0 Å². The zero-order chi connectivity index (χ0) is 11.0. The van der Waals surface area contributed by atoms with Crippen LogP contribution < -0.4 is 5.32 Å². The van der Waals surface area contributed by atoms with Crippen LogP contribution in [0.5, 0.6) is 0 Å². The van der Waals surface area contributed by atoms with Crippen molar-refractivity contribution in [1.29, 1.82) is 0 Å². The Labute approximate surface area is 101 Å². The van der Waals surface area contributed by atoms with E-state index in [2.05, 4.69) is 16.8 Å². The van der Waals surface area contributed by atoms with E-state index in [9.17, 15) is 5.11 Å². The van der Waals surface area contributed by atoms with Crippen molar-refractivity contribution in [2.75, 3.05) is 6.54 Å². The van der Waals surface area contributed by atoms with E-state index in [1.54, 1.807) is 4.88 Å². The molecule has 1 atom stereocenters. The Balaban J connectivity index is 1.56. The second-order valence-corrected chi connectivity index (χ2v) is 6.14. The Morgan fingerprint density at radius 1 is 1.44 bits per heavy atom. The molecular weight excluding hydrogens is 218 g/mol. The van der Waals surface area contributed by atoms with E-state index in [1.807, 2.05) is 11.3 Å². The Bertz CT molecular complexity index is 357. The number of nitrogens with one attached hydrogen (secondary N) is 1. The molecule has 0 bridgehead atoms. The Morgan fingerprint density at radius 2 is 2.31 bits per heavy atom. The molecule has 88 valence electrons. The van der Waals surface area contributed by atoms with E-state index >= 15 is 0 Å². The van der Waals surface area contributed by atoms with Gasteiger partial charge < -0.3 is 10.4 Å². The first kappa shape index (κ1) is 10.8. The summed E-state index contributed by atoms with van der Waals surface area (Å²) in [4.78, 5) is 1.58. The summed E-state index contributed by atoms with van der Waals surface area (Å²) in [5.41, 5.74) is 1.54. The molecule has 0 aliphatic heterocycles. The van der Waals surface area contributed by atoms with E-state index in [1.165, 1.54) is 24.8 Å². The van der Waals surface area contributed by atoms with Crippen LogP contribution >= 0.6 is 11.3 Å². The van der Waals surface area contributed by atoms with E-state index in [-0.39, 0.29) is 6.10 Å². The summed E-state index contributed by atoms with van der Waals surface area (Å²) in [7, 11) is 0. The quantitative estimate of drug-likeness (QED) is 0.846. The van der Waals surface area contributed by atoms with Crippen LogP contribution in [0.1, 0.15) is 42.2 Å². The molecule has 2 N–H and O–H groups in total. The average molecular weight is 237 g/mol. The van der Waals surface area contributed by atoms with Crippen molar-refractivity contribution in [2.45, 2.75) is 44.2 Å². The molecule has 2 nitrogen and oxygen atoms in total. The van der Waals surface area contributed by atoms with Crippen molar-refractivity contribution in [3.05, 3.63) is 21.9 Å². The highest BCUT2D eigenvalue weighted by Gasteiger charge is 2.28. The van der Waals surface area contributed by atoms with Gasteiger partial charge in [-0.25, -0.2) is 0 Å². The van der Waals surface area contributed by atoms with Crippen LogP contribution in [0.2, 0.25) is 0 Å². The van der Waals surface area contributed by atoms with E-state index in [0.717, 1.165) is 19.4 Å². The van der Waals surface area contributed by atoms with Crippen LogP contribution in [0.4, 0.5) is 0 Å². The maximum Gasteiger partial charge on any atom is 0.0546 e. The molecule has 2 aliphatic carbocycles. The van der Waals surface area contributed by atoms with Crippen molar-refractivity contribution >= 4 is 11.3 Å². The first-order chi connectivity index (χ1) is 7.83. The lowest BCUT2D eigenvalue weighted by molar-refractivity contribution is 0.0416. The SMILES string of the molecule is OC1CC(CNC2CCCc3sccc32)C1. The summed E-state index contributed by atoms with van der Waals surface area (Å²) in [6, 6.07) is 2.86. The lowest BCUT2D eigenvalue weighted by Crippen LogP contribution is -2.38. The highest BCUT2D eigenvalue weighted by Crippen LogP contribution is 2.34. The van der Waals surface area contributed by atoms with Gasteiger partial charge in [0.1, 0.15) is 0 Å². The lowest BCUT2D eigenvalue weighted by atomic mass is 9.82. The molecule has 1 heterocycles. The predicted molar refractivity (Wildman–Crippen MR) is 66.7 cm³/mol. The summed E-state index contributed by atoms with van der Waals surface area (Å²) >= 11 is 1.90. The first-order valence-corrected chi connectivity index (χ1v) is 7.18. The minimum atomic E-state index is -0.0186. The average Bonchev–Trinajstić information content (AvgIpc) is 2.71. The van der Waals surface area contributed by atoms with Gasteiger partial charge in [0.15, 0.2) is 0 Å². The molecule has 1 saturated carbocycles. The fourth-order valence-corrected chi connectivity index (χ4v) is 3.86. The van der Waals surface area contributed by atoms with E-state index in [4.69, 9.17) is 0 Å². The number of fused-ring (bicyclic) bond motifs is 1. The summed E-state index contributed by atoms with van der Waals surface area (Å²) in [5, 5.41) is 15.2. The van der Waals surface area contributed by atoms with Gasteiger partial charge in [0.2, 0.25) is 0 Å². The smallest absolute Gasteiger partial charge is 0.0546 e. The van der Waals surface area contributed by atoms with Crippen molar-refractivity contribution in [1.82, 2.24) is 5.32 Å². The zero-order valence-corrected chi connectivity index (χ0v) is 10.3. The molecular formula is C13H19NOS. The van der Waals surface area contributed by atoms with Gasteiger partial charge in [-0.1, -0.05) is 0 Å². The van der Waals surface area contributed by atoms with Crippen LogP contribution in [0.3, 0.4) is 0 Å².